The molecule has 0 saturated heterocycles. The van der Waals surface area contributed by atoms with Crippen LogP contribution in [0.3, 0.4) is 0 Å². The molecule has 0 atom stereocenters. The molecular formula is C20H19NO2. The zero-order valence-corrected chi connectivity index (χ0v) is 13.3. The van der Waals surface area contributed by atoms with E-state index < -0.39 is 0 Å². The SMILES string of the molecule is CC1(C)Cc2cc(C=O)ccc2/C(=C/C(=O)c2ccccc2)N1. The van der Waals surface area contributed by atoms with Gasteiger partial charge in [-0.15, -0.1) is 0 Å². The van der Waals surface area contributed by atoms with Gasteiger partial charge < -0.3 is 5.32 Å². The average Bonchev–Trinajstić information content (AvgIpc) is 2.54. The van der Waals surface area contributed by atoms with Crippen LogP contribution in [0, 0.1) is 0 Å². The van der Waals surface area contributed by atoms with Gasteiger partial charge in [0.15, 0.2) is 5.78 Å². The molecule has 116 valence electrons. The molecular weight excluding hydrogens is 286 g/mol. The van der Waals surface area contributed by atoms with Crippen LogP contribution in [0.5, 0.6) is 0 Å². The Kier molecular flexibility index (Phi) is 3.87. The maximum atomic E-state index is 12.5. The molecule has 1 heterocycles. The van der Waals surface area contributed by atoms with Crippen molar-refractivity contribution in [1.29, 1.82) is 0 Å². The number of hydrogen-bond acceptors (Lipinski definition) is 3. The minimum atomic E-state index is -0.169. The van der Waals surface area contributed by atoms with Gasteiger partial charge >= 0.3 is 0 Å². The Morgan fingerprint density at radius 2 is 1.87 bits per heavy atom. The average molecular weight is 305 g/mol. The van der Waals surface area contributed by atoms with Crippen molar-refractivity contribution in [3.8, 4) is 0 Å². The molecule has 0 amide bonds. The van der Waals surface area contributed by atoms with Gasteiger partial charge in [0.25, 0.3) is 0 Å². The second kappa shape index (κ2) is 5.84. The van der Waals surface area contributed by atoms with E-state index in [1.54, 1.807) is 12.1 Å². The zero-order valence-electron chi connectivity index (χ0n) is 13.3. The minimum absolute atomic E-state index is 0.0313. The highest BCUT2D eigenvalue weighted by atomic mass is 16.1. The molecule has 0 aliphatic carbocycles. The second-order valence-corrected chi connectivity index (χ2v) is 6.51. The lowest BCUT2D eigenvalue weighted by molar-refractivity contribution is 0.104. The number of carbonyl (C=O) groups excluding carboxylic acids is 2. The predicted octanol–water partition coefficient (Wildman–Crippen LogP) is 3.65. The van der Waals surface area contributed by atoms with E-state index in [-0.39, 0.29) is 11.3 Å². The van der Waals surface area contributed by atoms with Crippen LogP contribution < -0.4 is 5.32 Å². The summed E-state index contributed by atoms with van der Waals surface area (Å²) in [5.41, 5.74) is 4.04. The molecule has 23 heavy (non-hydrogen) atoms. The summed E-state index contributed by atoms with van der Waals surface area (Å²) in [6, 6.07) is 14.8. The Hall–Kier alpha value is -2.68. The van der Waals surface area contributed by atoms with Gasteiger partial charge in [-0.1, -0.05) is 42.5 Å². The molecule has 3 rings (SSSR count). The summed E-state index contributed by atoms with van der Waals surface area (Å²) in [6.07, 6.45) is 3.31. The van der Waals surface area contributed by atoms with Crippen molar-refractivity contribution in [2.75, 3.05) is 0 Å². The van der Waals surface area contributed by atoms with E-state index >= 15 is 0 Å². The highest BCUT2D eigenvalue weighted by Gasteiger charge is 2.28. The highest BCUT2D eigenvalue weighted by Crippen LogP contribution is 2.30. The van der Waals surface area contributed by atoms with Crippen molar-refractivity contribution in [1.82, 2.24) is 5.32 Å². The first-order valence-corrected chi connectivity index (χ1v) is 7.66. The molecule has 0 spiro atoms. The van der Waals surface area contributed by atoms with Crippen LogP contribution in [0.4, 0.5) is 0 Å². The second-order valence-electron chi connectivity index (χ2n) is 6.51. The quantitative estimate of drug-likeness (QED) is 0.535. The fraction of sp³-hybridized carbons (Fsp3) is 0.200. The van der Waals surface area contributed by atoms with Gasteiger partial charge in [-0.05, 0) is 31.9 Å². The molecule has 3 heteroatoms. The van der Waals surface area contributed by atoms with E-state index in [0.29, 0.717) is 11.1 Å². The molecule has 1 N–H and O–H groups in total. The van der Waals surface area contributed by atoms with Crippen LogP contribution >= 0.6 is 0 Å². The zero-order chi connectivity index (χ0) is 16.4. The summed E-state index contributed by atoms with van der Waals surface area (Å²) < 4.78 is 0. The summed E-state index contributed by atoms with van der Waals surface area (Å²) in [5.74, 6) is -0.0313. The molecule has 0 radical (unpaired) electrons. The number of rotatable bonds is 3. The lowest BCUT2D eigenvalue weighted by atomic mass is 9.84. The highest BCUT2D eigenvalue weighted by molar-refractivity contribution is 6.08. The van der Waals surface area contributed by atoms with E-state index in [0.717, 1.165) is 29.5 Å². The van der Waals surface area contributed by atoms with E-state index in [4.69, 9.17) is 0 Å². The van der Waals surface area contributed by atoms with Crippen LogP contribution in [-0.2, 0) is 6.42 Å². The van der Waals surface area contributed by atoms with Gasteiger partial charge in [0.2, 0.25) is 0 Å². The number of carbonyl (C=O) groups is 2. The summed E-state index contributed by atoms with van der Waals surface area (Å²) >= 11 is 0. The first kappa shape index (κ1) is 15.2. The first-order chi connectivity index (χ1) is 11.0. The Bertz CT molecular complexity index is 789. The summed E-state index contributed by atoms with van der Waals surface area (Å²) in [4.78, 5) is 23.5. The van der Waals surface area contributed by atoms with Gasteiger partial charge in [0, 0.05) is 34.0 Å². The van der Waals surface area contributed by atoms with Crippen molar-refractivity contribution in [3.05, 3.63) is 76.9 Å². The number of nitrogens with one attached hydrogen (secondary N) is 1. The van der Waals surface area contributed by atoms with E-state index in [2.05, 4.69) is 19.2 Å². The molecule has 2 aromatic rings. The van der Waals surface area contributed by atoms with E-state index in [9.17, 15) is 9.59 Å². The van der Waals surface area contributed by atoms with Gasteiger partial charge in [0.1, 0.15) is 6.29 Å². The molecule has 0 unspecified atom stereocenters. The summed E-state index contributed by atoms with van der Waals surface area (Å²) in [7, 11) is 0. The molecule has 1 aliphatic heterocycles. The number of benzene rings is 2. The van der Waals surface area contributed by atoms with Gasteiger partial charge in [-0.2, -0.15) is 0 Å². The Morgan fingerprint density at radius 3 is 2.57 bits per heavy atom. The molecule has 0 aromatic heterocycles. The van der Waals surface area contributed by atoms with Crippen LogP contribution in [0.15, 0.2) is 54.6 Å². The lowest BCUT2D eigenvalue weighted by Gasteiger charge is -2.35. The van der Waals surface area contributed by atoms with Crippen molar-refractivity contribution in [2.24, 2.45) is 0 Å². The van der Waals surface area contributed by atoms with Crippen LogP contribution in [-0.4, -0.2) is 17.6 Å². The van der Waals surface area contributed by atoms with Crippen molar-refractivity contribution in [2.45, 2.75) is 25.8 Å². The summed E-state index contributed by atoms with van der Waals surface area (Å²) in [5, 5.41) is 3.44. The summed E-state index contributed by atoms with van der Waals surface area (Å²) in [6.45, 7) is 4.18. The molecule has 0 fully saturated rings. The van der Waals surface area contributed by atoms with E-state index in [1.807, 2.05) is 42.5 Å². The van der Waals surface area contributed by atoms with Crippen LogP contribution in [0.2, 0.25) is 0 Å². The molecule has 1 aliphatic rings. The van der Waals surface area contributed by atoms with Gasteiger partial charge in [-0.25, -0.2) is 0 Å². The van der Waals surface area contributed by atoms with Crippen LogP contribution in [0.25, 0.3) is 5.70 Å². The van der Waals surface area contributed by atoms with Crippen molar-refractivity contribution >= 4 is 17.8 Å². The Balaban J connectivity index is 2.04. The van der Waals surface area contributed by atoms with Gasteiger partial charge in [-0.3, -0.25) is 9.59 Å². The number of aldehydes is 1. The Labute approximate surface area is 136 Å². The Morgan fingerprint density at radius 1 is 1.13 bits per heavy atom. The standard InChI is InChI=1S/C20H19NO2/c1-20(2)12-16-10-14(13-22)8-9-17(16)18(21-20)11-19(23)15-6-4-3-5-7-15/h3-11,13,21H,12H2,1-2H3/b18-11-. The first-order valence-electron chi connectivity index (χ1n) is 7.66. The third-order valence-corrected chi connectivity index (χ3v) is 3.99. The maximum absolute atomic E-state index is 12.5. The van der Waals surface area contributed by atoms with E-state index in [1.165, 1.54) is 0 Å². The number of fused-ring (bicyclic) bond motifs is 1. The third kappa shape index (κ3) is 3.24. The molecule has 0 saturated carbocycles. The monoisotopic (exact) mass is 305 g/mol. The lowest BCUT2D eigenvalue weighted by Crippen LogP contribution is -2.43. The smallest absolute Gasteiger partial charge is 0.187 e. The number of allylic oxidation sites excluding steroid dienone is 1. The molecule has 0 bridgehead atoms. The minimum Gasteiger partial charge on any atom is -0.379 e. The topological polar surface area (TPSA) is 46.2 Å². The fourth-order valence-electron chi connectivity index (χ4n) is 2.98. The number of ketones is 1. The normalized spacial score (nSPS) is 17.2. The van der Waals surface area contributed by atoms with Crippen LogP contribution in [0.1, 0.15) is 45.7 Å². The van der Waals surface area contributed by atoms with Crippen molar-refractivity contribution in [3.63, 3.8) is 0 Å². The van der Waals surface area contributed by atoms with Crippen molar-refractivity contribution < 1.29 is 9.59 Å². The fourth-order valence-corrected chi connectivity index (χ4v) is 2.98. The molecule has 2 aromatic carbocycles. The third-order valence-electron chi connectivity index (χ3n) is 3.99. The molecule has 3 nitrogen and oxygen atoms in total. The van der Waals surface area contributed by atoms with Gasteiger partial charge in [0.05, 0.1) is 0 Å². The largest absolute Gasteiger partial charge is 0.379 e. The predicted molar refractivity (Wildman–Crippen MR) is 91.5 cm³/mol. The maximum Gasteiger partial charge on any atom is 0.187 e. The number of hydrogen-bond donors (Lipinski definition) is 1.